The summed E-state index contributed by atoms with van der Waals surface area (Å²) in [6.07, 6.45) is 0. The molecule has 0 radical (unpaired) electrons. The van der Waals surface area contributed by atoms with Crippen molar-refractivity contribution in [2.45, 2.75) is 52.4 Å². The van der Waals surface area contributed by atoms with Gasteiger partial charge >= 0.3 is 37.9 Å². The van der Waals surface area contributed by atoms with E-state index in [1.54, 1.807) is 0 Å². The maximum absolute atomic E-state index is 10.3. The minimum absolute atomic E-state index is 0.00859. The van der Waals surface area contributed by atoms with Crippen LogP contribution in [0.3, 0.4) is 0 Å². The zero-order valence-corrected chi connectivity index (χ0v) is 15.9. The normalized spacial score (nSPS) is 11.6. The van der Waals surface area contributed by atoms with Gasteiger partial charge in [0.05, 0.1) is 0 Å². The average molecular weight is 368 g/mol. The first-order chi connectivity index (χ1) is 8.05. The van der Waals surface area contributed by atoms with E-state index in [9.17, 15) is 5.11 Å². The molecule has 18 heavy (non-hydrogen) atoms. The number of phenols is 1. The molecule has 0 saturated heterocycles. The van der Waals surface area contributed by atoms with Crippen molar-refractivity contribution in [2.24, 2.45) is 0 Å². The first-order valence-corrected chi connectivity index (χ1v) is 12.2. The second kappa shape index (κ2) is 7.31. The molecule has 0 aliphatic carbocycles. The predicted octanol–water partition coefficient (Wildman–Crippen LogP) is 5.36. The quantitative estimate of drug-likeness (QED) is 0.653. The number of para-hydroxylation sites is 1. The van der Waals surface area contributed by atoms with Crippen molar-refractivity contribution < 1.29 is 26.0 Å². The van der Waals surface area contributed by atoms with Gasteiger partial charge in [0.25, 0.3) is 0 Å². The predicted molar refractivity (Wildman–Crippen MR) is 77.2 cm³/mol. The van der Waals surface area contributed by atoms with Gasteiger partial charge in [0.2, 0.25) is 0 Å². The summed E-state index contributed by atoms with van der Waals surface area (Å²) in [4.78, 5) is 0. The molecule has 1 aromatic carbocycles. The summed E-state index contributed by atoms with van der Waals surface area (Å²) in [5.41, 5.74) is 2.03. The summed E-state index contributed by atoms with van der Waals surface area (Å²) in [6, 6.07) is 6.04. The molecule has 1 aromatic rings. The van der Waals surface area contributed by atoms with E-state index in [0.29, 0.717) is 5.75 Å². The van der Waals surface area contributed by atoms with Crippen molar-refractivity contribution >= 4 is 17.0 Å². The van der Waals surface area contributed by atoms with Crippen molar-refractivity contribution in [2.75, 3.05) is 0 Å². The SMILES string of the molecule is CC(C)(C)c1cccc(C(C)(C)C)c1O.[Cl][Zr][Cl]. The molecule has 0 aromatic heterocycles. The second-order valence-corrected chi connectivity index (χ2v) is 10.0. The number of halogens is 2. The first kappa shape index (κ1) is 18.5. The Hall–Kier alpha value is 0.483. The molecule has 1 N–H and O–H groups in total. The topological polar surface area (TPSA) is 20.2 Å². The van der Waals surface area contributed by atoms with E-state index < -0.39 is 20.8 Å². The Morgan fingerprint density at radius 1 is 0.889 bits per heavy atom. The van der Waals surface area contributed by atoms with E-state index in [1.165, 1.54) is 0 Å². The van der Waals surface area contributed by atoms with Gasteiger partial charge in [-0.2, -0.15) is 0 Å². The molecule has 0 aliphatic heterocycles. The molecule has 0 bridgehead atoms. The summed E-state index contributed by atoms with van der Waals surface area (Å²) >= 11 is -0.826. The number of rotatable bonds is 0. The Morgan fingerprint density at radius 2 is 1.17 bits per heavy atom. The summed E-state index contributed by atoms with van der Waals surface area (Å²) in [5, 5.41) is 10.3. The van der Waals surface area contributed by atoms with Crippen LogP contribution in [-0.2, 0) is 31.7 Å². The van der Waals surface area contributed by atoms with Crippen LogP contribution >= 0.6 is 17.0 Å². The number of aromatic hydroxyl groups is 1. The third-order valence-corrected chi connectivity index (χ3v) is 2.65. The number of phenolic OH excluding ortho intramolecular Hbond substituents is 1. The van der Waals surface area contributed by atoms with Crippen molar-refractivity contribution in [1.82, 2.24) is 0 Å². The Labute approximate surface area is 130 Å². The molecule has 0 saturated carbocycles. The summed E-state index contributed by atoms with van der Waals surface area (Å²) in [7, 11) is 9.87. The monoisotopic (exact) mass is 366 g/mol. The van der Waals surface area contributed by atoms with Crippen LogP contribution in [-0.4, -0.2) is 5.11 Å². The average Bonchev–Trinajstić information content (AvgIpc) is 2.15. The van der Waals surface area contributed by atoms with Crippen LogP contribution in [0.15, 0.2) is 18.2 Å². The fraction of sp³-hybridized carbons (Fsp3) is 0.571. The van der Waals surface area contributed by atoms with Crippen LogP contribution in [0.4, 0.5) is 0 Å². The Balaban J connectivity index is 0.000000873. The molecule has 1 rings (SSSR count). The van der Waals surface area contributed by atoms with Gasteiger partial charge in [0.15, 0.2) is 0 Å². The molecule has 0 aliphatic rings. The molecular formula is C14H22Cl2OZr. The molecule has 0 spiro atoms. The van der Waals surface area contributed by atoms with Crippen LogP contribution in [0.1, 0.15) is 52.7 Å². The fourth-order valence-corrected chi connectivity index (χ4v) is 1.75. The summed E-state index contributed by atoms with van der Waals surface area (Å²) in [5.74, 6) is 0.456. The van der Waals surface area contributed by atoms with E-state index >= 15 is 0 Å². The molecule has 1 nitrogen and oxygen atoms in total. The Bertz CT molecular complexity index is 346. The Kier molecular flexibility index (Phi) is 7.51. The van der Waals surface area contributed by atoms with E-state index in [1.807, 2.05) is 18.2 Å². The van der Waals surface area contributed by atoms with Crippen LogP contribution in [0.5, 0.6) is 5.75 Å². The van der Waals surface area contributed by atoms with Crippen LogP contribution in [0.25, 0.3) is 0 Å². The number of hydrogen-bond acceptors (Lipinski definition) is 1. The van der Waals surface area contributed by atoms with Gasteiger partial charge < -0.3 is 5.11 Å². The van der Waals surface area contributed by atoms with E-state index in [4.69, 9.17) is 17.0 Å². The van der Waals surface area contributed by atoms with Gasteiger partial charge in [-0.3, -0.25) is 0 Å². The van der Waals surface area contributed by atoms with Gasteiger partial charge in [-0.05, 0) is 22.0 Å². The van der Waals surface area contributed by atoms with Crippen molar-refractivity contribution in [3.8, 4) is 5.75 Å². The van der Waals surface area contributed by atoms with Crippen LogP contribution < -0.4 is 0 Å². The van der Waals surface area contributed by atoms with E-state index in [2.05, 4.69) is 41.5 Å². The third-order valence-electron chi connectivity index (χ3n) is 2.65. The third kappa shape index (κ3) is 5.63. The van der Waals surface area contributed by atoms with E-state index in [0.717, 1.165) is 11.1 Å². The summed E-state index contributed by atoms with van der Waals surface area (Å²) < 4.78 is 0. The molecule has 0 heterocycles. The standard InChI is InChI=1S/C14H22O.2ClH.Zr/c1-13(2,3)10-8-7-9-11(12(10)15)14(4,5)6;;;/h7-9,15H,1-6H3;2*1H;/q;;;+2/p-2. The molecule has 0 amide bonds. The number of hydrogen-bond donors (Lipinski definition) is 1. The van der Waals surface area contributed by atoms with Gasteiger partial charge in [-0.25, -0.2) is 0 Å². The zero-order chi connectivity index (χ0) is 14.6. The summed E-state index contributed by atoms with van der Waals surface area (Å²) in [6.45, 7) is 12.7. The number of benzene rings is 1. The first-order valence-electron chi connectivity index (χ1n) is 5.85. The molecular weight excluding hydrogens is 346 g/mol. The van der Waals surface area contributed by atoms with Gasteiger partial charge in [-0.15, -0.1) is 0 Å². The second-order valence-electron chi connectivity index (χ2n) is 6.27. The molecule has 0 fully saturated rings. The van der Waals surface area contributed by atoms with Crippen molar-refractivity contribution in [3.63, 3.8) is 0 Å². The fourth-order valence-electron chi connectivity index (χ4n) is 1.75. The zero-order valence-electron chi connectivity index (χ0n) is 11.9. The molecule has 102 valence electrons. The van der Waals surface area contributed by atoms with Gasteiger partial charge in [-0.1, -0.05) is 59.7 Å². The van der Waals surface area contributed by atoms with Crippen molar-refractivity contribution in [1.29, 1.82) is 0 Å². The van der Waals surface area contributed by atoms with Crippen LogP contribution in [0.2, 0.25) is 0 Å². The van der Waals surface area contributed by atoms with Gasteiger partial charge in [0, 0.05) is 0 Å². The minimum atomic E-state index is -0.826. The van der Waals surface area contributed by atoms with Crippen LogP contribution in [0, 0.1) is 0 Å². The maximum atomic E-state index is 10.3. The van der Waals surface area contributed by atoms with Gasteiger partial charge in [0.1, 0.15) is 5.75 Å². The molecule has 4 heteroatoms. The molecule has 0 unspecified atom stereocenters. The molecule has 0 atom stereocenters. The Morgan fingerprint density at radius 3 is 1.39 bits per heavy atom. The van der Waals surface area contributed by atoms with Crippen molar-refractivity contribution in [3.05, 3.63) is 29.3 Å². The van der Waals surface area contributed by atoms with E-state index in [-0.39, 0.29) is 10.8 Å².